The summed E-state index contributed by atoms with van der Waals surface area (Å²) in [6.07, 6.45) is 2.90. The highest BCUT2D eigenvalue weighted by Gasteiger charge is 2.33. The zero-order valence-corrected chi connectivity index (χ0v) is 16.6. The van der Waals surface area contributed by atoms with Gasteiger partial charge in [-0.15, -0.1) is 6.58 Å². The normalized spacial score (nSPS) is 15.6. The van der Waals surface area contributed by atoms with Gasteiger partial charge in [-0.3, -0.25) is 9.59 Å². The second-order valence-corrected chi connectivity index (χ2v) is 7.28. The van der Waals surface area contributed by atoms with Gasteiger partial charge in [0.1, 0.15) is 6.04 Å². The van der Waals surface area contributed by atoms with Gasteiger partial charge in [0.15, 0.2) is 0 Å². The monoisotopic (exact) mass is 386 g/mol. The molecule has 0 spiro atoms. The summed E-state index contributed by atoms with van der Waals surface area (Å²) in [5.74, 6) is -0.547. The lowest BCUT2D eigenvalue weighted by atomic mass is 9.88. The van der Waals surface area contributed by atoms with Crippen LogP contribution in [0, 0.1) is 5.92 Å². The molecule has 0 bridgehead atoms. The molecule has 1 fully saturated rings. The van der Waals surface area contributed by atoms with E-state index in [1.54, 1.807) is 35.2 Å². The molecule has 1 atom stereocenters. The fourth-order valence-electron chi connectivity index (χ4n) is 3.27. The van der Waals surface area contributed by atoms with Crippen molar-refractivity contribution < 1.29 is 14.4 Å². The molecule has 1 unspecified atom stereocenters. The third-order valence-electron chi connectivity index (χ3n) is 4.74. The fraction of sp³-hybridized carbons (Fsp3) is 0.476. The number of carbonyl (C=O) groups is 3. The van der Waals surface area contributed by atoms with E-state index >= 15 is 0 Å². The Morgan fingerprint density at radius 2 is 1.79 bits per heavy atom. The summed E-state index contributed by atoms with van der Waals surface area (Å²) in [5, 5.41) is 8.55. The number of rotatable bonds is 7. The van der Waals surface area contributed by atoms with Gasteiger partial charge in [-0.05, 0) is 44.7 Å². The van der Waals surface area contributed by atoms with Crippen LogP contribution in [0.15, 0.2) is 43.0 Å². The molecular weight excluding hydrogens is 356 g/mol. The van der Waals surface area contributed by atoms with E-state index in [-0.39, 0.29) is 29.8 Å². The Kier molecular flexibility index (Phi) is 8.04. The van der Waals surface area contributed by atoms with E-state index in [1.807, 2.05) is 19.9 Å². The topological polar surface area (TPSA) is 90.5 Å². The number of nitrogens with zero attached hydrogens (tertiary/aromatic N) is 1. The zero-order chi connectivity index (χ0) is 20.5. The first-order valence-electron chi connectivity index (χ1n) is 9.72. The van der Waals surface area contributed by atoms with E-state index in [1.165, 1.54) is 0 Å². The van der Waals surface area contributed by atoms with Crippen molar-refractivity contribution in [2.24, 2.45) is 5.92 Å². The van der Waals surface area contributed by atoms with Crippen molar-refractivity contribution in [2.45, 2.75) is 38.8 Å². The van der Waals surface area contributed by atoms with E-state index in [9.17, 15) is 14.4 Å². The van der Waals surface area contributed by atoms with Crippen LogP contribution in [0.25, 0.3) is 0 Å². The zero-order valence-electron chi connectivity index (χ0n) is 16.6. The first-order chi connectivity index (χ1) is 13.4. The minimum Gasteiger partial charge on any atom is -0.351 e. The predicted octanol–water partition coefficient (Wildman–Crippen LogP) is 1.92. The number of hydrogen-bond acceptors (Lipinski definition) is 3. The quantitative estimate of drug-likeness (QED) is 0.625. The summed E-state index contributed by atoms with van der Waals surface area (Å²) in [7, 11) is 0. The first-order valence-corrected chi connectivity index (χ1v) is 9.72. The second-order valence-electron chi connectivity index (χ2n) is 7.28. The van der Waals surface area contributed by atoms with Crippen LogP contribution >= 0.6 is 0 Å². The van der Waals surface area contributed by atoms with E-state index in [4.69, 9.17) is 0 Å². The molecule has 28 heavy (non-hydrogen) atoms. The van der Waals surface area contributed by atoms with E-state index in [0.29, 0.717) is 38.0 Å². The van der Waals surface area contributed by atoms with Gasteiger partial charge in [-0.2, -0.15) is 0 Å². The third-order valence-corrected chi connectivity index (χ3v) is 4.74. The molecule has 0 aliphatic carbocycles. The largest absolute Gasteiger partial charge is 0.351 e. The Hall–Kier alpha value is -2.83. The van der Waals surface area contributed by atoms with Crippen LogP contribution in [0.4, 0.5) is 4.79 Å². The first kappa shape index (κ1) is 21.5. The Labute approximate surface area is 166 Å². The van der Waals surface area contributed by atoms with Gasteiger partial charge in [-0.25, -0.2) is 4.79 Å². The van der Waals surface area contributed by atoms with Gasteiger partial charge in [0.25, 0.3) is 5.91 Å². The Balaban J connectivity index is 2.03. The smallest absolute Gasteiger partial charge is 0.317 e. The molecule has 3 N–H and O–H groups in total. The van der Waals surface area contributed by atoms with Crippen LogP contribution < -0.4 is 16.0 Å². The van der Waals surface area contributed by atoms with Gasteiger partial charge < -0.3 is 20.9 Å². The summed E-state index contributed by atoms with van der Waals surface area (Å²) < 4.78 is 0. The maximum absolute atomic E-state index is 12.7. The average Bonchev–Trinajstić information content (AvgIpc) is 2.70. The van der Waals surface area contributed by atoms with E-state index in [0.717, 1.165) is 0 Å². The number of benzene rings is 1. The number of amides is 4. The predicted molar refractivity (Wildman–Crippen MR) is 109 cm³/mol. The van der Waals surface area contributed by atoms with Gasteiger partial charge in [0, 0.05) is 31.2 Å². The van der Waals surface area contributed by atoms with Crippen molar-refractivity contribution in [1.82, 2.24) is 20.9 Å². The van der Waals surface area contributed by atoms with Crippen LogP contribution in [0.3, 0.4) is 0 Å². The molecule has 7 heteroatoms. The molecule has 1 heterocycles. The maximum Gasteiger partial charge on any atom is 0.317 e. The maximum atomic E-state index is 12.7. The molecule has 4 amide bonds. The van der Waals surface area contributed by atoms with Crippen molar-refractivity contribution in [3.8, 4) is 0 Å². The van der Waals surface area contributed by atoms with Gasteiger partial charge in [-0.1, -0.05) is 24.3 Å². The van der Waals surface area contributed by atoms with Crippen LogP contribution in [0.2, 0.25) is 0 Å². The second kappa shape index (κ2) is 10.5. The Morgan fingerprint density at radius 3 is 2.36 bits per heavy atom. The molecular formula is C21H30N4O3. The lowest BCUT2D eigenvalue weighted by Crippen LogP contribution is -2.54. The Morgan fingerprint density at radius 1 is 1.14 bits per heavy atom. The van der Waals surface area contributed by atoms with E-state index < -0.39 is 6.04 Å². The number of hydrogen-bond donors (Lipinski definition) is 3. The van der Waals surface area contributed by atoms with Gasteiger partial charge in [0.05, 0.1) is 0 Å². The number of likely N-dealkylation sites (tertiary alicyclic amines) is 1. The number of nitrogens with one attached hydrogen (secondary N) is 3. The SMILES string of the molecule is C=CCNC(=O)C(NC(=O)c1ccccc1)C1CCN(C(=O)NC(C)C)CC1. The molecule has 2 rings (SSSR count). The molecule has 7 nitrogen and oxygen atoms in total. The highest BCUT2D eigenvalue weighted by molar-refractivity contribution is 5.97. The van der Waals surface area contributed by atoms with Crippen LogP contribution in [-0.2, 0) is 4.79 Å². The molecule has 1 aliphatic heterocycles. The van der Waals surface area contributed by atoms with Crippen LogP contribution in [0.1, 0.15) is 37.0 Å². The van der Waals surface area contributed by atoms with Crippen LogP contribution in [-0.4, -0.2) is 54.5 Å². The summed E-state index contributed by atoms with van der Waals surface area (Å²) >= 11 is 0. The molecule has 0 radical (unpaired) electrons. The van der Waals surface area contributed by atoms with Crippen molar-refractivity contribution in [3.63, 3.8) is 0 Å². The molecule has 1 saturated heterocycles. The molecule has 0 aromatic heterocycles. The van der Waals surface area contributed by atoms with Crippen molar-refractivity contribution >= 4 is 17.8 Å². The lowest BCUT2D eigenvalue weighted by molar-refractivity contribution is -0.124. The molecule has 1 aromatic rings. The number of urea groups is 1. The molecule has 0 saturated carbocycles. The number of carbonyl (C=O) groups excluding carboxylic acids is 3. The average molecular weight is 386 g/mol. The van der Waals surface area contributed by atoms with Crippen LogP contribution in [0.5, 0.6) is 0 Å². The van der Waals surface area contributed by atoms with Crippen molar-refractivity contribution in [3.05, 3.63) is 48.6 Å². The third kappa shape index (κ3) is 6.11. The standard InChI is InChI=1S/C21H30N4O3/c1-4-12-22-20(27)18(24-19(26)17-8-6-5-7-9-17)16-10-13-25(14-11-16)21(28)23-15(2)3/h4-9,15-16,18H,1,10-14H2,2-3H3,(H,22,27)(H,23,28)(H,24,26). The lowest BCUT2D eigenvalue weighted by Gasteiger charge is -2.36. The highest BCUT2D eigenvalue weighted by Crippen LogP contribution is 2.22. The molecule has 1 aliphatic rings. The van der Waals surface area contributed by atoms with Crippen molar-refractivity contribution in [1.29, 1.82) is 0 Å². The minimum absolute atomic E-state index is 0.0411. The summed E-state index contributed by atoms with van der Waals surface area (Å²) in [4.78, 5) is 39.2. The molecule has 1 aromatic carbocycles. The van der Waals surface area contributed by atoms with E-state index in [2.05, 4.69) is 22.5 Å². The summed E-state index contributed by atoms with van der Waals surface area (Å²) in [6, 6.07) is 8.18. The van der Waals surface area contributed by atoms with Gasteiger partial charge >= 0.3 is 6.03 Å². The highest BCUT2D eigenvalue weighted by atomic mass is 16.2. The summed E-state index contributed by atoms with van der Waals surface area (Å²) in [5.41, 5.74) is 0.512. The Bertz CT molecular complexity index is 682. The molecule has 152 valence electrons. The summed E-state index contributed by atoms with van der Waals surface area (Å²) in [6.45, 7) is 8.90. The minimum atomic E-state index is -0.650. The fourth-order valence-corrected chi connectivity index (χ4v) is 3.27. The van der Waals surface area contributed by atoms with Crippen molar-refractivity contribution in [2.75, 3.05) is 19.6 Å². The number of piperidine rings is 1. The van der Waals surface area contributed by atoms with Gasteiger partial charge in [0.2, 0.25) is 5.91 Å².